The highest BCUT2D eigenvalue weighted by atomic mass is 16.4. The van der Waals surface area contributed by atoms with Gasteiger partial charge in [0.1, 0.15) is 5.41 Å². The molecular formula is C11H20N2O3. The molecule has 0 bridgehead atoms. The summed E-state index contributed by atoms with van der Waals surface area (Å²) >= 11 is 0. The lowest BCUT2D eigenvalue weighted by Gasteiger charge is -2.23. The van der Waals surface area contributed by atoms with Gasteiger partial charge in [-0.3, -0.25) is 9.59 Å². The number of nitrogens with one attached hydrogen (secondary N) is 1. The standard InChI is InChI=1S/C11H20N2O3/c1-11(2,10(15)16)9(14)12-7-8-5-4-6-13(8)3/h8H,4-7H2,1-3H3,(H,12,14)(H,15,16). The molecule has 1 aliphatic rings. The maximum atomic E-state index is 11.7. The molecule has 1 atom stereocenters. The minimum atomic E-state index is -1.35. The van der Waals surface area contributed by atoms with Crippen LogP contribution in [0.5, 0.6) is 0 Å². The molecule has 5 heteroatoms. The third-order valence-electron chi connectivity index (χ3n) is 3.27. The lowest BCUT2D eigenvalue weighted by atomic mass is 9.92. The van der Waals surface area contributed by atoms with Crippen LogP contribution in [0.15, 0.2) is 0 Å². The highest BCUT2D eigenvalue weighted by molar-refractivity contribution is 6.00. The number of carbonyl (C=O) groups is 2. The molecule has 0 aromatic carbocycles. The number of aliphatic carboxylic acids is 1. The molecule has 1 fully saturated rings. The van der Waals surface area contributed by atoms with E-state index in [-0.39, 0.29) is 0 Å². The summed E-state index contributed by atoms with van der Waals surface area (Å²) in [5, 5.41) is 11.6. The number of likely N-dealkylation sites (tertiary alicyclic amines) is 1. The second kappa shape index (κ2) is 4.82. The van der Waals surface area contributed by atoms with Gasteiger partial charge in [0.15, 0.2) is 0 Å². The van der Waals surface area contributed by atoms with Crippen molar-refractivity contribution in [2.75, 3.05) is 20.1 Å². The van der Waals surface area contributed by atoms with Gasteiger partial charge >= 0.3 is 5.97 Å². The van der Waals surface area contributed by atoms with Gasteiger partial charge in [0.2, 0.25) is 5.91 Å². The molecule has 5 nitrogen and oxygen atoms in total. The van der Waals surface area contributed by atoms with E-state index in [0.29, 0.717) is 12.6 Å². The fourth-order valence-electron chi connectivity index (χ4n) is 1.77. The third-order valence-corrected chi connectivity index (χ3v) is 3.27. The number of hydrogen-bond acceptors (Lipinski definition) is 3. The maximum absolute atomic E-state index is 11.7. The molecule has 0 spiro atoms. The van der Waals surface area contributed by atoms with Crippen LogP contribution in [0.4, 0.5) is 0 Å². The van der Waals surface area contributed by atoms with Crippen molar-refractivity contribution in [3.05, 3.63) is 0 Å². The van der Waals surface area contributed by atoms with Gasteiger partial charge in [-0.1, -0.05) is 0 Å². The first-order valence-electron chi connectivity index (χ1n) is 5.57. The van der Waals surface area contributed by atoms with Crippen molar-refractivity contribution < 1.29 is 14.7 Å². The topological polar surface area (TPSA) is 69.6 Å². The summed E-state index contributed by atoms with van der Waals surface area (Å²) in [4.78, 5) is 24.7. The Hall–Kier alpha value is -1.10. The van der Waals surface area contributed by atoms with E-state index >= 15 is 0 Å². The average molecular weight is 228 g/mol. The Morgan fingerprint density at radius 3 is 2.56 bits per heavy atom. The Kier molecular flexibility index (Phi) is 3.91. The SMILES string of the molecule is CN1CCCC1CNC(=O)C(C)(C)C(=O)O. The number of nitrogens with zero attached hydrogens (tertiary/aromatic N) is 1. The number of carboxylic acids is 1. The van der Waals surface area contributed by atoms with E-state index in [0.717, 1.165) is 19.4 Å². The first-order valence-corrected chi connectivity index (χ1v) is 5.57. The third kappa shape index (κ3) is 2.72. The van der Waals surface area contributed by atoms with Crippen molar-refractivity contribution in [2.24, 2.45) is 5.41 Å². The Bertz CT molecular complexity index is 289. The van der Waals surface area contributed by atoms with E-state index in [1.807, 2.05) is 7.05 Å². The van der Waals surface area contributed by atoms with Crippen molar-refractivity contribution in [3.8, 4) is 0 Å². The number of carbonyl (C=O) groups excluding carboxylic acids is 1. The van der Waals surface area contributed by atoms with Crippen molar-refractivity contribution in [1.82, 2.24) is 10.2 Å². The zero-order chi connectivity index (χ0) is 12.3. The number of rotatable bonds is 4. The van der Waals surface area contributed by atoms with Crippen LogP contribution in [0.3, 0.4) is 0 Å². The van der Waals surface area contributed by atoms with Crippen LogP contribution in [0, 0.1) is 5.41 Å². The van der Waals surface area contributed by atoms with E-state index in [9.17, 15) is 9.59 Å². The molecule has 1 unspecified atom stereocenters. The molecule has 0 aliphatic carbocycles. The second-order valence-corrected chi connectivity index (χ2v) is 4.92. The predicted molar refractivity (Wildman–Crippen MR) is 60.1 cm³/mol. The van der Waals surface area contributed by atoms with E-state index in [1.165, 1.54) is 13.8 Å². The van der Waals surface area contributed by atoms with Gasteiger partial charge in [-0.2, -0.15) is 0 Å². The lowest BCUT2D eigenvalue weighted by molar-refractivity contribution is -0.153. The highest BCUT2D eigenvalue weighted by Gasteiger charge is 2.36. The molecule has 92 valence electrons. The van der Waals surface area contributed by atoms with Gasteiger partial charge in [0.25, 0.3) is 0 Å². The summed E-state index contributed by atoms with van der Waals surface area (Å²) < 4.78 is 0. The first kappa shape index (κ1) is 13.0. The minimum absolute atomic E-state index is 0.341. The molecule has 1 heterocycles. The molecule has 1 amide bonds. The van der Waals surface area contributed by atoms with Crippen LogP contribution in [-0.2, 0) is 9.59 Å². The van der Waals surface area contributed by atoms with Crippen LogP contribution >= 0.6 is 0 Å². The van der Waals surface area contributed by atoms with Crippen LogP contribution in [0.25, 0.3) is 0 Å². The van der Waals surface area contributed by atoms with Crippen LogP contribution in [-0.4, -0.2) is 48.1 Å². The van der Waals surface area contributed by atoms with E-state index in [4.69, 9.17) is 5.11 Å². The van der Waals surface area contributed by atoms with E-state index in [2.05, 4.69) is 10.2 Å². The Labute approximate surface area is 95.8 Å². The molecule has 1 saturated heterocycles. The van der Waals surface area contributed by atoms with Gasteiger partial charge in [0.05, 0.1) is 0 Å². The number of hydrogen-bond donors (Lipinski definition) is 2. The van der Waals surface area contributed by atoms with E-state index < -0.39 is 17.3 Å². The maximum Gasteiger partial charge on any atom is 0.318 e. The lowest BCUT2D eigenvalue weighted by Crippen LogP contribution is -2.46. The zero-order valence-corrected chi connectivity index (χ0v) is 10.1. The molecule has 0 saturated carbocycles. The number of likely N-dealkylation sites (N-methyl/N-ethyl adjacent to an activating group) is 1. The number of amides is 1. The highest BCUT2D eigenvalue weighted by Crippen LogP contribution is 2.17. The smallest absolute Gasteiger partial charge is 0.318 e. The predicted octanol–water partition coefficient (Wildman–Crippen LogP) is 0.308. The van der Waals surface area contributed by atoms with Gasteiger partial charge in [-0.25, -0.2) is 0 Å². The summed E-state index contributed by atoms with van der Waals surface area (Å²) in [5.74, 6) is -1.51. The Morgan fingerprint density at radius 1 is 1.50 bits per heavy atom. The van der Waals surface area contributed by atoms with Gasteiger partial charge in [-0.15, -0.1) is 0 Å². The van der Waals surface area contributed by atoms with E-state index in [1.54, 1.807) is 0 Å². The molecule has 1 rings (SSSR count). The molecule has 1 aliphatic heterocycles. The van der Waals surface area contributed by atoms with Crippen molar-refractivity contribution in [1.29, 1.82) is 0 Å². The second-order valence-electron chi connectivity index (χ2n) is 4.92. The summed E-state index contributed by atoms with van der Waals surface area (Å²) in [6, 6.07) is 0.341. The number of carboxylic acid groups (broad SMARTS) is 1. The van der Waals surface area contributed by atoms with Crippen molar-refractivity contribution >= 4 is 11.9 Å². The summed E-state index contributed by atoms with van der Waals surface area (Å²) in [6.07, 6.45) is 2.20. The monoisotopic (exact) mass is 228 g/mol. The minimum Gasteiger partial charge on any atom is -0.480 e. The van der Waals surface area contributed by atoms with Gasteiger partial charge < -0.3 is 15.3 Å². The summed E-state index contributed by atoms with van der Waals surface area (Å²) in [6.45, 7) is 4.42. The summed E-state index contributed by atoms with van der Waals surface area (Å²) in [5.41, 5.74) is -1.35. The molecule has 0 aromatic heterocycles. The largest absolute Gasteiger partial charge is 0.480 e. The van der Waals surface area contributed by atoms with Gasteiger partial charge in [-0.05, 0) is 40.3 Å². The average Bonchev–Trinajstić information content (AvgIpc) is 2.60. The molecule has 16 heavy (non-hydrogen) atoms. The molecule has 0 radical (unpaired) electrons. The van der Waals surface area contributed by atoms with Crippen LogP contribution in [0.1, 0.15) is 26.7 Å². The summed E-state index contributed by atoms with van der Waals surface area (Å²) in [7, 11) is 2.02. The molecular weight excluding hydrogens is 208 g/mol. The van der Waals surface area contributed by atoms with Crippen LogP contribution < -0.4 is 5.32 Å². The van der Waals surface area contributed by atoms with Crippen molar-refractivity contribution in [3.63, 3.8) is 0 Å². The van der Waals surface area contributed by atoms with Crippen LogP contribution in [0.2, 0.25) is 0 Å². The Balaban J connectivity index is 2.43. The quantitative estimate of drug-likeness (QED) is 0.679. The zero-order valence-electron chi connectivity index (χ0n) is 10.1. The van der Waals surface area contributed by atoms with Gasteiger partial charge in [0, 0.05) is 12.6 Å². The molecule has 2 N–H and O–H groups in total. The Morgan fingerprint density at radius 2 is 2.12 bits per heavy atom. The first-order chi connectivity index (χ1) is 7.35. The molecule has 0 aromatic rings. The van der Waals surface area contributed by atoms with Crippen molar-refractivity contribution in [2.45, 2.75) is 32.7 Å². The fourth-order valence-corrected chi connectivity index (χ4v) is 1.77. The normalized spacial score (nSPS) is 22.1. The fraction of sp³-hybridized carbons (Fsp3) is 0.818.